The van der Waals surface area contributed by atoms with E-state index < -0.39 is 0 Å². The lowest BCUT2D eigenvalue weighted by atomic mass is 9.70. The molecule has 2 nitrogen and oxygen atoms in total. The van der Waals surface area contributed by atoms with Gasteiger partial charge in [-0.1, -0.05) is 78.3 Å². The van der Waals surface area contributed by atoms with Crippen molar-refractivity contribution in [3.8, 4) is 5.75 Å². The number of ether oxygens (including phenoxy) is 1. The van der Waals surface area contributed by atoms with E-state index in [1.165, 1.54) is 0 Å². The highest BCUT2D eigenvalue weighted by Gasteiger charge is 2.42. The predicted octanol–water partition coefficient (Wildman–Crippen LogP) is 6.77. The summed E-state index contributed by atoms with van der Waals surface area (Å²) in [7, 11) is 0. The van der Waals surface area contributed by atoms with Gasteiger partial charge in [0.05, 0.1) is 0 Å². The number of fused-ring (bicyclic) bond motifs is 3. The second-order valence-electron chi connectivity index (χ2n) is 8.57. The number of allylic oxidation sites excluding steroid dienone is 2. The third kappa shape index (κ3) is 2.80. The number of benzene rings is 3. The van der Waals surface area contributed by atoms with Crippen LogP contribution in [-0.2, 0) is 4.79 Å². The second kappa shape index (κ2) is 6.31. The maximum atomic E-state index is 13.2. The van der Waals surface area contributed by atoms with Crippen molar-refractivity contribution in [1.29, 1.82) is 0 Å². The molecule has 0 fully saturated rings. The first-order chi connectivity index (χ1) is 13.4. The average Bonchev–Trinajstić information content (AvgIpc) is 2.66. The maximum Gasteiger partial charge on any atom is 0.163 e. The molecule has 0 aromatic heterocycles. The topological polar surface area (TPSA) is 26.3 Å². The molecule has 0 saturated carbocycles. The molecule has 0 N–H and O–H groups in total. The average molecular weight is 433 g/mol. The lowest BCUT2D eigenvalue weighted by Crippen LogP contribution is -2.32. The highest BCUT2D eigenvalue weighted by atomic mass is 79.9. The molecule has 1 heterocycles. The monoisotopic (exact) mass is 432 g/mol. The van der Waals surface area contributed by atoms with Crippen LogP contribution in [0.15, 0.2) is 76.5 Å². The van der Waals surface area contributed by atoms with Gasteiger partial charge in [0.25, 0.3) is 0 Å². The van der Waals surface area contributed by atoms with Crippen LogP contribution in [-0.4, -0.2) is 5.78 Å². The Kier molecular flexibility index (Phi) is 3.99. The van der Waals surface area contributed by atoms with Crippen LogP contribution < -0.4 is 4.74 Å². The zero-order valence-corrected chi connectivity index (χ0v) is 17.5. The summed E-state index contributed by atoms with van der Waals surface area (Å²) >= 11 is 3.53. The quantitative estimate of drug-likeness (QED) is 0.423. The molecule has 28 heavy (non-hydrogen) atoms. The fourth-order valence-corrected chi connectivity index (χ4v) is 4.84. The van der Waals surface area contributed by atoms with E-state index in [4.69, 9.17) is 4.74 Å². The summed E-state index contributed by atoms with van der Waals surface area (Å²) in [5, 5.41) is 2.26. The summed E-state index contributed by atoms with van der Waals surface area (Å²) in [4.78, 5) is 13.2. The molecule has 0 spiro atoms. The molecule has 0 amide bonds. The third-order valence-corrected chi connectivity index (χ3v) is 6.35. The minimum atomic E-state index is -0.0833. The van der Waals surface area contributed by atoms with Crippen LogP contribution in [0, 0.1) is 5.41 Å². The van der Waals surface area contributed by atoms with Crippen LogP contribution in [0.4, 0.5) is 0 Å². The molecular weight excluding hydrogens is 412 g/mol. The van der Waals surface area contributed by atoms with Crippen LogP contribution in [0.5, 0.6) is 5.75 Å². The number of Topliss-reactive ketones (excluding diaryl/α,β-unsaturated/α-hetero) is 1. The van der Waals surface area contributed by atoms with Crippen molar-refractivity contribution in [2.75, 3.05) is 0 Å². The molecule has 3 heteroatoms. The molecule has 1 aliphatic carbocycles. The summed E-state index contributed by atoms with van der Waals surface area (Å²) in [6, 6.07) is 20.9. The highest BCUT2D eigenvalue weighted by molar-refractivity contribution is 9.10. The smallest absolute Gasteiger partial charge is 0.163 e. The minimum Gasteiger partial charge on any atom is -0.460 e. The fourth-order valence-electron chi connectivity index (χ4n) is 4.57. The summed E-state index contributed by atoms with van der Waals surface area (Å²) in [6.07, 6.45) is 1.34. The van der Waals surface area contributed by atoms with Crippen molar-refractivity contribution >= 4 is 32.5 Å². The summed E-state index contributed by atoms with van der Waals surface area (Å²) in [5.74, 6) is 1.87. The zero-order chi connectivity index (χ0) is 19.5. The molecule has 0 bridgehead atoms. The van der Waals surface area contributed by atoms with Gasteiger partial charge in [0.15, 0.2) is 5.78 Å². The van der Waals surface area contributed by atoms with Crippen molar-refractivity contribution in [3.05, 3.63) is 87.6 Å². The first-order valence-corrected chi connectivity index (χ1v) is 10.4. The fraction of sp³-hybridized carbons (Fsp3) is 0.240. The zero-order valence-electron chi connectivity index (χ0n) is 16.0. The summed E-state index contributed by atoms with van der Waals surface area (Å²) < 4.78 is 7.51. The van der Waals surface area contributed by atoms with Crippen LogP contribution in [0.3, 0.4) is 0 Å². The van der Waals surface area contributed by atoms with Crippen LogP contribution in [0.25, 0.3) is 10.8 Å². The number of ketones is 1. The lowest BCUT2D eigenvalue weighted by Gasteiger charge is -2.38. The van der Waals surface area contributed by atoms with Crippen molar-refractivity contribution < 1.29 is 9.53 Å². The SMILES string of the molecule is CC1(C)CC(=O)C2=C(C1)Oc1c(ccc3ccccc13)C2c1ccc(Br)cc1. The molecule has 2 aliphatic rings. The molecule has 1 atom stereocenters. The van der Waals surface area contributed by atoms with Gasteiger partial charge >= 0.3 is 0 Å². The molecule has 0 radical (unpaired) electrons. The maximum absolute atomic E-state index is 13.2. The number of carbonyl (C=O) groups is 1. The molecule has 5 rings (SSSR count). The first kappa shape index (κ1) is 17.7. The number of carbonyl (C=O) groups excluding carboxylic acids is 1. The summed E-state index contributed by atoms with van der Waals surface area (Å²) in [5.41, 5.74) is 2.96. The van der Waals surface area contributed by atoms with Crippen LogP contribution in [0.2, 0.25) is 0 Å². The van der Waals surface area contributed by atoms with E-state index in [9.17, 15) is 4.79 Å². The second-order valence-corrected chi connectivity index (χ2v) is 9.49. The number of rotatable bonds is 1. The summed E-state index contributed by atoms with van der Waals surface area (Å²) in [6.45, 7) is 4.29. The predicted molar refractivity (Wildman–Crippen MR) is 116 cm³/mol. The molecule has 3 aromatic rings. The molecular formula is C25H21BrO2. The Morgan fingerprint density at radius 1 is 0.964 bits per heavy atom. The van der Waals surface area contributed by atoms with Crippen LogP contribution >= 0.6 is 15.9 Å². The van der Waals surface area contributed by atoms with Crippen LogP contribution in [0.1, 0.15) is 43.7 Å². The lowest BCUT2D eigenvalue weighted by molar-refractivity contribution is -0.118. The van der Waals surface area contributed by atoms with E-state index in [1.807, 2.05) is 24.3 Å². The standard InChI is InChI=1S/C25H21BrO2/c1-25(2)13-20(27)23-21(14-25)28-24-18-6-4-3-5-15(18)9-12-19(24)22(23)16-7-10-17(26)11-8-16/h3-12,22H,13-14H2,1-2H3. The molecule has 0 saturated heterocycles. The van der Waals surface area contributed by atoms with E-state index in [0.717, 1.165) is 49.9 Å². The molecule has 3 aromatic carbocycles. The Labute approximate surface area is 173 Å². The molecule has 1 aliphatic heterocycles. The van der Waals surface area contributed by atoms with E-state index >= 15 is 0 Å². The largest absolute Gasteiger partial charge is 0.460 e. The minimum absolute atomic E-state index is 0.0811. The number of hydrogen-bond acceptors (Lipinski definition) is 2. The van der Waals surface area contributed by atoms with Crippen molar-refractivity contribution in [2.24, 2.45) is 5.41 Å². The van der Waals surface area contributed by atoms with E-state index in [1.54, 1.807) is 0 Å². The van der Waals surface area contributed by atoms with Crippen molar-refractivity contribution in [2.45, 2.75) is 32.6 Å². The van der Waals surface area contributed by atoms with Gasteiger partial charge in [-0.2, -0.15) is 0 Å². The van der Waals surface area contributed by atoms with Gasteiger partial charge in [-0.05, 0) is 28.5 Å². The van der Waals surface area contributed by atoms with Gasteiger partial charge in [0.1, 0.15) is 11.5 Å². The Morgan fingerprint density at radius 2 is 1.71 bits per heavy atom. The Morgan fingerprint density at radius 3 is 2.50 bits per heavy atom. The normalized spacial score (nSPS) is 20.5. The van der Waals surface area contributed by atoms with Gasteiger partial charge in [-0.15, -0.1) is 0 Å². The molecule has 1 unspecified atom stereocenters. The third-order valence-electron chi connectivity index (χ3n) is 5.82. The van der Waals surface area contributed by atoms with E-state index in [0.29, 0.717) is 6.42 Å². The van der Waals surface area contributed by atoms with Gasteiger partial charge in [-0.25, -0.2) is 0 Å². The van der Waals surface area contributed by atoms with Gasteiger partial charge < -0.3 is 4.74 Å². The van der Waals surface area contributed by atoms with Gasteiger partial charge in [0, 0.05) is 39.8 Å². The van der Waals surface area contributed by atoms with Gasteiger partial charge in [0.2, 0.25) is 0 Å². The van der Waals surface area contributed by atoms with E-state index in [2.05, 4.69) is 66.2 Å². The highest BCUT2D eigenvalue weighted by Crippen LogP contribution is 2.51. The number of hydrogen-bond donors (Lipinski definition) is 0. The Balaban J connectivity index is 1.79. The van der Waals surface area contributed by atoms with Crippen molar-refractivity contribution in [3.63, 3.8) is 0 Å². The Hall–Kier alpha value is -2.39. The first-order valence-electron chi connectivity index (χ1n) is 9.64. The van der Waals surface area contributed by atoms with Crippen molar-refractivity contribution in [1.82, 2.24) is 0 Å². The number of halogens is 1. The Bertz CT molecular complexity index is 1140. The van der Waals surface area contributed by atoms with E-state index in [-0.39, 0.29) is 17.1 Å². The van der Waals surface area contributed by atoms with Gasteiger partial charge in [-0.3, -0.25) is 4.79 Å². The molecule has 140 valence electrons.